The summed E-state index contributed by atoms with van der Waals surface area (Å²) in [7, 11) is 0. The smallest absolute Gasteiger partial charge is 0.312 e. The molecule has 1 atom stereocenters. The van der Waals surface area contributed by atoms with Gasteiger partial charge in [-0.05, 0) is 26.3 Å². The van der Waals surface area contributed by atoms with Gasteiger partial charge in [0.05, 0.1) is 20.1 Å². The Balaban J connectivity index is 1.84. The maximum absolute atomic E-state index is 11.2. The summed E-state index contributed by atoms with van der Waals surface area (Å²) in [6, 6.07) is 3.51. The van der Waals surface area contributed by atoms with Crippen LogP contribution < -0.4 is 10.1 Å². The zero-order valence-electron chi connectivity index (χ0n) is 11.8. The van der Waals surface area contributed by atoms with E-state index in [0.717, 1.165) is 28.2 Å². The molecular formula is C14H17N3O3S. The van der Waals surface area contributed by atoms with Gasteiger partial charge in [-0.3, -0.25) is 10.1 Å². The van der Waals surface area contributed by atoms with Crippen molar-refractivity contribution in [1.82, 2.24) is 10.3 Å². The van der Waals surface area contributed by atoms with Crippen molar-refractivity contribution in [3.8, 4) is 5.75 Å². The van der Waals surface area contributed by atoms with E-state index in [1.807, 2.05) is 6.92 Å². The van der Waals surface area contributed by atoms with Gasteiger partial charge in [-0.15, -0.1) is 11.3 Å². The molecule has 0 aliphatic carbocycles. The second-order valence-electron chi connectivity index (χ2n) is 5.24. The largest absolute Gasteiger partial charge is 0.485 e. The molecule has 7 heteroatoms. The number of aryl methyl sites for hydroxylation is 1. The number of aromatic nitrogens is 1. The van der Waals surface area contributed by atoms with Gasteiger partial charge in [-0.25, -0.2) is 4.98 Å². The summed E-state index contributed by atoms with van der Waals surface area (Å²) in [6.07, 6.45) is 3.40. The number of nitrogens with one attached hydrogen (secondary N) is 1. The fourth-order valence-corrected chi connectivity index (χ4v) is 3.42. The van der Waals surface area contributed by atoms with Crippen LogP contribution in [0, 0.1) is 17.0 Å². The van der Waals surface area contributed by atoms with Crippen LogP contribution in [0.3, 0.4) is 0 Å². The zero-order chi connectivity index (χ0) is 14.8. The number of piperidine rings is 1. The fraction of sp³-hybridized carbons (Fsp3) is 0.500. The first-order valence-electron chi connectivity index (χ1n) is 7.05. The van der Waals surface area contributed by atoms with Gasteiger partial charge in [-0.1, -0.05) is 6.42 Å². The summed E-state index contributed by atoms with van der Waals surface area (Å²) in [4.78, 5) is 15.2. The van der Waals surface area contributed by atoms with Crippen molar-refractivity contribution < 1.29 is 9.66 Å². The predicted octanol–water partition coefficient (Wildman–Crippen LogP) is 3.03. The van der Waals surface area contributed by atoms with Crippen molar-refractivity contribution in [2.24, 2.45) is 0 Å². The number of benzene rings is 1. The maximum atomic E-state index is 11.2. The molecule has 1 aliphatic heterocycles. The third-order valence-electron chi connectivity index (χ3n) is 3.63. The second-order valence-corrected chi connectivity index (χ2v) is 6.47. The molecule has 21 heavy (non-hydrogen) atoms. The van der Waals surface area contributed by atoms with E-state index >= 15 is 0 Å². The Morgan fingerprint density at radius 1 is 1.52 bits per heavy atom. The number of fused-ring (bicyclic) bond motifs is 1. The number of thiazole rings is 1. The average Bonchev–Trinajstić information content (AvgIpc) is 2.84. The van der Waals surface area contributed by atoms with E-state index in [0.29, 0.717) is 12.4 Å². The van der Waals surface area contributed by atoms with Crippen molar-refractivity contribution in [2.75, 3.05) is 13.2 Å². The van der Waals surface area contributed by atoms with Gasteiger partial charge in [0.1, 0.15) is 6.61 Å². The molecule has 2 heterocycles. The Hall–Kier alpha value is -1.73. The number of nitrogens with zero attached hydrogens (tertiary/aromatic N) is 2. The Morgan fingerprint density at radius 3 is 3.10 bits per heavy atom. The van der Waals surface area contributed by atoms with Gasteiger partial charge in [0.15, 0.2) is 5.75 Å². The lowest BCUT2D eigenvalue weighted by Gasteiger charge is -2.23. The molecule has 1 saturated heterocycles. The Bertz CT molecular complexity index is 665. The third-order valence-corrected chi connectivity index (χ3v) is 4.56. The first-order valence-corrected chi connectivity index (χ1v) is 7.87. The quantitative estimate of drug-likeness (QED) is 0.694. The Morgan fingerprint density at radius 2 is 2.38 bits per heavy atom. The molecule has 0 saturated carbocycles. The highest BCUT2D eigenvalue weighted by molar-refractivity contribution is 7.18. The molecule has 2 aromatic rings. The van der Waals surface area contributed by atoms with E-state index < -0.39 is 4.92 Å². The number of rotatable bonds is 4. The van der Waals surface area contributed by atoms with Crippen LogP contribution in [0.25, 0.3) is 10.2 Å². The minimum Gasteiger partial charge on any atom is -0.485 e. The molecule has 0 radical (unpaired) electrons. The molecule has 1 fully saturated rings. The maximum Gasteiger partial charge on any atom is 0.312 e. The van der Waals surface area contributed by atoms with Crippen LogP contribution in [0.4, 0.5) is 5.69 Å². The summed E-state index contributed by atoms with van der Waals surface area (Å²) < 4.78 is 6.54. The fourth-order valence-electron chi connectivity index (χ4n) is 2.57. The third kappa shape index (κ3) is 3.14. The molecule has 112 valence electrons. The SMILES string of the molecule is Cc1nc2cc(OCC3CCCCN3)c([N+](=O)[O-])cc2s1. The lowest BCUT2D eigenvalue weighted by molar-refractivity contribution is -0.385. The number of ether oxygens (including phenoxy) is 1. The number of hydrogen-bond acceptors (Lipinski definition) is 6. The van der Waals surface area contributed by atoms with Crippen LogP contribution in [-0.4, -0.2) is 29.1 Å². The monoisotopic (exact) mass is 307 g/mol. The van der Waals surface area contributed by atoms with Crippen molar-refractivity contribution in [2.45, 2.75) is 32.2 Å². The summed E-state index contributed by atoms with van der Waals surface area (Å²) in [5.74, 6) is 0.310. The average molecular weight is 307 g/mol. The van der Waals surface area contributed by atoms with E-state index in [1.54, 1.807) is 12.1 Å². The number of nitro benzene ring substituents is 1. The number of hydrogen-bond donors (Lipinski definition) is 1. The van der Waals surface area contributed by atoms with Crippen LogP contribution in [0.2, 0.25) is 0 Å². The highest BCUT2D eigenvalue weighted by Gasteiger charge is 2.20. The van der Waals surface area contributed by atoms with Gasteiger partial charge in [-0.2, -0.15) is 0 Å². The summed E-state index contributed by atoms with van der Waals surface area (Å²) in [6.45, 7) is 3.33. The standard InChI is InChI=1S/C14H17N3O3S/c1-9-16-11-6-13(12(17(18)19)7-14(11)21-9)20-8-10-4-2-3-5-15-10/h6-7,10,15H,2-5,8H2,1H3. The summed E-state index contributed by atoms with van der Waals surface area (Å²) in [5, 5.41) is 15.5. The first kappa shape index (κ1) is 14.2. The normalized spacial score (nSPS) is 18.8. The highest BCUT2D eigenvalue weighted by Crippen LogP contribution is 2.34. The molecule has 0 spiro atoms. The topological polar surface area (TPSA) is 77.3 Å². The van der Waals surface area contributed by atoms with E-state index in [2.05, 4.69) is 10.3 Å². The van der Waals surface area contributed by atoms with Gasteiger partial charge in [0.2, 0.25) is 0 Å². The zero-order valence-corrected chi connectivity index (χ0v) is 12.6. The lowest BCUT2D eigenvalue weighted by Crippen LogP contribution is -2.38. The molecule has 1 aromatic carbocycles. The second kappa shape index (κ2) is 5.95. The van der Waals surface area contributed by atoms with Gasteiger partial charge in [0.25, 0.3) is 0 Å². The van der Waals surface area contributed by atoms with Crippen molar-refractivity contribution in [3.05, 3.63) is 27.3 Å². The highest BCUT2D eigenvalue weighted by atomic mass is 32.1. The first-order chi connectivity index (χ1) is 10.1. The molecule has 1 aliphatic rings. The molecule has 6 nitrogen and oxygen atoms in total. The van der Waals surface area contributed by atoms with Crippen LogP contribution in [-0.2, 0) is 0 Å². The minimum absolute atomic E-state index is 0.0157. The van der Waals surface area contributed by atoms with Crippen LogP contribution in [0.1, 0.15) is 24.3 Å². The molecule has 0 amide bonds. The van der Waals surface area contributed by atoms with E-state index in [-0.39, 0.29) is 11.7 Å². The molecule has 1 unspecified atom stereocenters. The Kier molecular flexibility index (Phi) is 4.03. The van der Waals surface area contributed by atoms with Crippen LogP contribution in [0.15, 0.2) is 12.1 Å². The van der Waals surface area contributed by atoms with Crippen LogP contribution in [0.5, 0.6) is 5.75 Å². The van der Waals surface area contributed by atoms with Gasteiger partial charge >= 0.3 is 5.69 Å². The molecule has 1 N–H and O–H groups in total. The van der Waals surface area contributed by atoms with Crippen molar-refractivity contribution >= 4 is 27.2 Å². The van der Waals surface area contributed by atoms with Crippen LogP contribution >= 0.6 is 11.3 Å². The Labute approximate surface area is 126 Å². The molecule has 1 aromatic heterocycles. The van der Waals surface area contributed by atoms with E-state index in [4.69, 9.17) is 4.74 Å². The number of nitro groups is 1. The summed E-state index contributed by atoms with van der Waals surface area (Å²) >= 11 is 1.46. The predicted molar refractivity (Wildman–Crippen MR) is 82.1 cm³/mol. The molecule has 0 bridgehead atoms. The van der Waals surface area contributed by atoms with Crippen molar-refractivity contribution in [3.63, 3.8) is 0 Å². The summed E-state index contributed by atoms with van der Waals surface area (Å²) in [5.41, 5.74) is 0.775. The molecule has 3 rings (SSSR count). The van der Waals surface area contributed by atoms with E-state index in [9.17, 15) is 10.1 Å². The van der Waals surface area contributed by atoms with Crippen molar-refractivity contribution in [1.29, 1.82) is 0 Å². The minimum atomic E-state index is -0.391. The van der Waals surface area contributed by atoms with Gasteiger partial charge < -0.3 is 10.1 Å². The van der Waals surface area contributed by atoms with Gasteiger partial charge in [0, 0.05) is 18.2 Å². The molecular weight excluding hydrogens is 290 g/mol. The van der Waals surface area contributed by atoms with E-state index in [1.165, 1.54) is 24.2 Å². The lowest BCUT2D eigenvalue weighted by atomic mass is 10.1.